The smallest absolute Gasteiger partial charge is 0.227 e. The largest absolute Gasteiger partial charge is 0.472 e. The summed E-state index contributed by atoms with van der Waals surface area (Å²) in [4.78, 5) is 8.74. The molecule has 9 heteroatoms. The van der Waals surface area contributed by atoms with Crippen molar-refractivity contribution in [3.05, 3.63) is 36.2 Å². The Balaban J connectivity index is 0.00000169. The number of nitrogens with two attached hydrogens (primary N) is 1. The zero-order valence-corrected chi connectivity index (χ0v) is 13.8. The normalized spacial score (nSPS) is 16.2. The minimum Gasteiger partial charge on any atom is -0.472 e. The van der Waals surface area contributed by atoms with Crippen LogP contribution in [0, 0.1) is 0 Å². The fourth-order valence-corrected chi connectivity index (χ4v) is 2.87. The van der Waals surface area contributed by atoms with Crippen LogP contribution in [0.25, 0.3) is 11.4 Å². The van der Waals surface area contributed by atoms with Gasteiger partial charge in [-0.25, -0.2) is 0 Å². The second-order valence-electron chi connectivity index (χ2n) is 5.90. The molecule has 2 N–H and O–H groups in total. The van der Waals surface area contributed by atoms with Crippen LogP contribution in [0.3, 0.4) is 0 Å². The summed E-state index contributed by atoms with van der Waals surface area (Å²) >= 11 is 0. The third-order valence-corrected chi connectivity index (χ3v) is 4.21. The van der Waals surface area contributed by atoms with Crippen LogP contribution >= 0.6 is 12.4 Å². The van der Waals surface area contributed by atoms with Gasteiger partial charge < -0.3 is 19.2 Å². The van der Waals surface area contributed by atoms with Gasteiger partial charge in [0, 0.05) is 12.8 Å². The number of halogens is 1. The van der Waals surface area contributed by atoms with Gasteiger partial charge in [-0.05, 0) is 18.9 Å². The van der Waals surface area contributed by atoms with Crippen LogP contribution in [0.2, 0.25) is 0 Å². The quantitative estimate of drug-likeness (QED) is 0.745. The van der Waals surface area contributed by atoms with E-state index in [0.29, 0.717) is 36.3 Å². The summed E-state index contributed by atoms with van der Waals surface area (Å²) < 4.78 is 15.5. The highest BCUT2D eigenvalue weighted by Crippen LogP contribution is 2.34. The summed E-state index contributed by atoms with van der Waals surface area (Å²) in [5.41, 5.74) is 6.68. The lowest BCUT2D eigenvalue weighted by Crippen LogP contribution is -2.34. The topological polar surface area (TPSA) is 117 Å². The first-order valence-corrected chi connectivity index (χ1v) is 7.70. The van der Waals surface area contributed by atoms with E-state index in [1.54, 1.807) is 18.6 Å². The van der Waals surface area contributed by atoms with Crippen molar-refractivity contribution in [3.63, 3.8) is 0 Å². The molecule has 0 radical (unpaired) electrons. The molecule has 24 heavy (non-hydrogen) atoms. The molecule has 0 unspecified atom stereocenters. The first-order valence-electron chi connectivity index (χ1n) is 7.70. The summed E-state index contributed by atoms with van der Waals surface area (Å²) in [6.07, 6.45) is 8.24. The van der Waals surface area contributed by atoms with Gasteiger partial charge in [0.05, 0.1) is 17.4 Å². The van der Waals surface area contributed by atoms with E-state index in [2.05, 4.69) is 20.3 Å². The minimum atomic E-state index is -0.430. The maximum atomic E-state index is 6.32. The van der Waals surface area contributed by atoms with Crippen LogP contribution < -0.4 is 5.73 Å². The molecule has 0 atom stereocenters. The van der Waals surface area contributed by atoms with Crippen LogP contribution in [-0.2, 0) is 18.4 Å². The highest BCUT2D eigenvalue weighted by molar-refractivity contribution is 5.85. The number of aryl methyl sites for hydroxylation is 2. The molecule has 1 fully saturated rings. The van der Waals surface area contributed by atoms with Crippen molar-refractivity contribution in [3.8, 4) is 11.4 Å². The van der Waals surface area contributed by atoms with Crippen molar-refractivity contribution >= 4 is 12.4 Å². The molecule has 0 saturated heterocycles. The van der Waals surface area contributed by atoms with Gasteiger partial charge in [0.2, 0.25) is 17.6 Å². The number of furan rings is 1. The van der Waals surface area contributed by atoms with Crippen LogP contribution in [0.1, 0.15) is 43.3 Å². The Kier molecular flexibility index (Phi) is 4.68. The molecule has 3 aromatic rings. The first kappa shape index (κ1) is 16.7. The number of hydrogen-bond donors (Lipinski definition) is 1. The lowest BCUT2D eigenvalue weighted by Gasteiger charge is -2.17. The molecule has 3 aromatic heterocycles. The third kappa shape index (κ3) is 3.20. The molecule has 0 spiro atoms. The van der Waals surface area contributed by atoms with Crippen LogP contribution in [-0.4, -0.2) is 20.3 Å². The van der Waals surface area contributed by atoms with Gasteiger partial charge in [-0.15, -0.1) is 12.4 Å². The summed E-state index contributed by atoms with van der Waals surface area (Å²) in [5.74, 6) is 2.17. The first-order chi connectivity index (χ1) is 11.2. The Morgan fingerprint density at radius 1 is 1.04 bits per heavy atom. The predicted molar refractivity (Wildman–Crippen MR) is 85.3 cm³/mol. The standard InChI is InChI=1S/C15H17N5O3.ClH/c16-15(6-1-2-7-15)14-18-12(23-20-14)4-3-11-17-13(19-22-11)10-5-8-21-9-10;/h5,8-9H,1-4,6-7,16H2;1H. The van der Waals surface area contributed by atoms with Gasteiger partial charge in [0.1, 0.15) is 6.26 Å². The van der Waals surface area contributed by atoms with E-state index in [-0.39, 0.29) is 12.4 Å². The Bertz CT molecular complexity index is 777. The van der Waals surface area contributed by atoms with E-state index in [1.807, 2.05) is 0 Å². The Labute approximate surface area is 144 Å². The van der Waals surface area contributed by atoms with Crippen LogP contribution in [0.5, 0.6) is 0 Å². The summed E-state index contributed by atoms with van der Waals surface area (Å²) in [6.45, 7) is 0. The summed E-state index contributed by atoms with van der Waals surface area (Å²) in [7, 11) is 0. The third-order valence-electron chi connectivity index (χ3n) is 4.21. The average Bonchev–Trinajstić information content (AvgIpc) is 3.31. The van der Waals surface area contributed by atoms with Crippen molar-refractivity contribution in [2.45, 2.75) is 44.1 Å². The zero-order valence-electron chi connectivity index (χ0n) is 13.0. The number of aromatic nitrogens is 4. The maximum Gasteiger partial charge on any atom is 0.227 e. The molecule has 0 amide bonds. The van der Waals surface area contributed by atoms with Crippen molar-refractivity contribution in [2.24, 2.45) is 5.73 Å². The predicted octanol–water partition coefficient (Wildman–Crippen LogP) is 2.65. The number of hydrogen-bond acceptors (Lipinski definition) is 8. The SMILES string of the molecule is Cl.NC1(c2noc(CCc3nc(-c4ccoc4)no3)n2)CCCC1. The molecule has 1 aliphatic rings. The fraction of sp³-hybridized carbons (Fsp3) is 0.467. The summed E-state index contributed by atoms with van der Waals surface area (Å²) in [5, 5.41) is 7.96. The zero-order chi connectivity index (χ0) is 15.7. The molecule has 0 bridgehead atoms. The minimum absolute atomic E-state index is 0. The highest BCUT2D eigenvalue weighted by atomic mass is 35.5. The maximum absolute atomic E-state index is 6.32. The van der Waals surface area contributed by atoms with E-state index in [4.69, 9.17) is 19.2 Å². The van der Waals surface area contributed by atoms with E-state index in [0.717, 1.165) is 31.2 Å². The molecule has 0 aliphatic heterocycles. The van der Waals surface area contributed by atoms with Gasteiger partial charge >= 0.3 is 0 Å². The lowest BCUT2D eigenvalue weighted by atomic mass is 9.99. The Hall–Kier alpha value is -2.19. The molecule has 0 aromatic carbocycles. The van der Waals surface area contributed by atoms with E-state index in [9.17, 15) is 0 Å². The van der Waals surface area contributed by atoms with Crippen molar-refractivity contribution in [1.29, 1.82) is 0 Å². The lowest BCUT2D eigenvalue weighted by molar-refractivity contribution is 0.339. The average molecular weight is 352 g/mol. The molecular weight excluding hydrogens is 334 g/mol. The summed E-state index contributed by atoms with van der Waals surface area (Å²) in [6, 6.07) is 1.78. The van der Waals surface area contributed by atoms with E-state index >= 15 is 0 Å². The van der Waals surface area contributed by atoms with E-state index < -0.39 is 5.54 Å². The molecule has 4 rings (SSSR count). The molecule has 8 nitrogen and oxygen atoms in total. The van der Waals surface area contributed by atoms with Crippen molar-refractivity contribution in [2.75, 3.05) is 0 Å². The van der Waals surface area contributed by atoms with Gasteiger partial charge in [-0.3, -0.25) is 0 Å². The fourth-order valence-electron chi connectivity index (χ4n) is 2.87. The van der Waals surface area contributed by atoms with Gasteiger partial charge in [-0.1, -0.05) is 23.2 Å². The Morgan fingerprint density at radius 3 is 2.46 bits per heavy atom. The molecule has 3 heterocycles. The number of rotatable bonds is 5. The van der Waals surface area contributed by atoms with Crippen molar-refractivity contribution in [1.82, 2.24) is 20.3 Å². The van der Waals surface area contributed by atoms with Gasteiger partial charge in [0.25, 0.3) is 0 Å². The Morgan fingerprint density at radius 2 is 1.75 bits per heavy atom. The molecule has 1 saturated carbocycles. The van der Waals surface area contributed by atoms with Crippen LogP contribution in [0.4, 0.5) is 0 Å². The molecular formula is C15H18ClN5O3. The monoisotopic (exact) mass is 351 g/mol. The molecule has 128 valence electrons. The van der Waals surface area contributed by atoms with Crippen LogP contribution in [0.15, 0.2) is 32.1 Å². The second kappa shape index (κ2) is 6.74. The van der Waals surface area contributed by atoms with E-state index in [1.165, 1.54) is 0 Å². The van der Waals surface area contributed by atoms with Gasteiger partial charge in [0.15, 0.2) is 5.82 Å². The van der Waals surface area contributed by atoms with Crippen molar-refractivity contribution < 1.29 is 13.5 Å². The second-order valence-corrected chi connectivity index (χ2v) is 5.90. The highest BCUT2D eigenvalue weighted by Gasteiger charge is 2.35. The molecule has 1 aliphatic carbocycles. The van der Waals surface area contributed by atoms with Gasteiger partial charge in [-0.2, -0.15) is 9.97 Å². The number of nitrogens with zero attached hydrogens (tertiary/aromatic N) is 4.